The molecule has 1 fully saturated rings. The van der Waals surface area contributed by atoms with Gasteiger partial charge in [-0.3, -0.25) is 9.59 Å². The van der Waals surface area contributed by atoms with Crippen molar-refractivity contribution < 1.29 is 24.2 Å². The number of aliphatic hydroxyl groups is 1. The Bertz CT molecular complexity index is 770. The molecule has 2 aromatic carbocycles. The fraction of sp³-hybridized carbons (Fsp3) is 0.300. The molecule has 0 aliphatic carbocycles. The van der Waals surface area contributed by atoms with E-state index in [0.29, 0.717) is 12.2 Å². The number of benzene rings is 2. The third kappa shape index (κ3) is 4.65. The topological polar surface area (TPSA) is 72.8 Å². The van der Waals surface area contributed by atoms with Crippen LogP contribution in [0.2, 0.25) is 0 Å². The Morgan fingerprint density at radius 2 is 1.73 bits per heavy atom. The second kappa shape index (κ2) is 8.38. The molecule has 5 nitrogen and oxygen atoms in total. The SMILES string of the molecule is COc1ccc([C@H](O)COc2ccc(CC3SC(=O)CC3=O)cc2)cc1. The van der Waals surface area contributed by atoms with Gasteiger partial charge in [-0.15, -0.1) is 0 Å². The molecule has 1 unspecified atom stereocenters. The fourth-order valence-corrected chi connectivity index (χ4v) is 3.74. The number of carbonyl (C=O) groups excluding carboxylic acids is 2. The number of Topliss-reactive ketones (excluding diaryl/α,β-unsaturated/α-hetero) is 1. The Morgan fingerprint density at radius 1 is 1.08 bits per heavy atom. The standard InChI is InChI=1S/C20H20O5S/c1-24-15-8-4-14(5-9-15)18(22)12-25-16-6-2-13(3-7-16)10-19-17(21)11-20(23)26-19/h2-9,18-19,22H,10-12H2,1H3/t18-,19?/m1/s1. The zero-order valence-corrected chi connectivity index (χ0v) is 15.2. The highest BCUT2D eigenvalue weighted by Crippen LogP contribution is 2.28. The summed E-state index contributed by atoms with van der Waals surface area (Å²) < 4.78 is 10.7. The van der Waals surface area contributed by atoms with Gasteiger partial charge in [-0.05, 0) is 41.8 Å². The summed E-state index contributed by atoms with van der Waals surface area (Å²) in [7, 11) is 1.59. The highest BCUT2D eigenvalue weighted by molar-refractivity contribution is 8.15. The number of hydrogen-bond acceptors (Lipinski definition) is 6. The van der Waals surface area contributed by atoms with Crippen LogP contribution in [0.5, 0.6) is 11.5 Å². The van der Waals surface area contributed by atoms with Crippen molar-refractivity contribution in [3.05, 3.63) is 59.7 Å². The van der Waals surface area contributed by atoms with Gasteiger partial charge in [-0.2, -0.15) is 0 Å². The van der Waals surface area contributed by atoms with Crippen molar-refractivity contribution in [1.82, 2.24) is 0 Å². The van der Waals surface area contributed by atoms with E-state index in [0.717, 1.165) is 28.6 Å². The van der Waals surface area contributed by atoms with Crippen LogP contribution in [-0.4, -0.2) is 35.0 Å². The summed E-state index contributed by atoms with van der Waals surface area (Å²) in [4.78, 5) is 23.0. The molecule has 1 aliphatic rings. The number of thioether (sulfide) groups is 1. The summed E-state index contributed by atoms with van der Waals surface area (Å²) in [5.41, 5.74) is 1.73. The van der Waals surface area contributed by atoms with Crippen molar-refractivity contribution in [2.24, 2.45) is 0 Å². The number of ether oxygens (including phenoxy) is 2. The average Bonchev–Trinajstić information content (AvgIpc) is 2.98. The molecule has 1 N–H and O–H groups in total. The maximum atomic E-state index is 11.7. The number of aliphatic hydroxyl groups excluding tert-OH is 1. The lowest BCUT2D eigenvalue weighted by Gasteiger charge is -2.14. The summed E-state index contributed by atoms with van der Waals surface area (Å²) >= 11 is 1.13. The molecule has 6 heteroatoms. The molecule has 0 radical (unpaired) electrons. The molecule has 0 saturated carbocycles. The first kappa shape index (κ1) is 18.5. The average molecular weight is 372 g/mol. The predicted octanol–water partition coefficient (Wildman–Crippen LogP) is 2.95. The van der Waals surface area contributed by atoms with Crippen molar-refractivity contribution >= 4 is 22.7 Å². The molecule has 1 aliphatic heterocycles. The first-order valence-electron chi connectivity index (χ1n) is 8.31. The zero-order chi connectivity index (χ0) is 18.5. The van der Waals surface area contributed by atoms with E-state index in [1.54, 1.807) is 31.4 Å². The van der Waals surface area contributed by atoms with Gasteiger partial charge in [0.15, 0.2) is 10.9 Å². The summed E-state index contributed by atoms with van der Waals surface area (Å²) in [5.74, 6) is 1.38. The second-order valence-electron chi connectivity index (χ2n) is 6.07. The van der Waals surface area contributed by atoms with Crippen molar-refractivity contribution in [2.75, 3.05) is 13.7 Å². The number of methoxy groups -OCH3 is 1. The molecule has 1 heterocycles. The van der Waals surface area contributed by atoms with Gasteiger partial charge in [0, 0.05) is 0 Å². The Labute approximate surface area is 156 Å². The number of carbonyl (C=O) groups is 2. The van der Waals surface area contributed by atoms with Crippen molar-refractivity contribution in [3.8, 4) is 11.5 Å². The van der Waals surface area contributed by atoms with E-state index in [1.165, 1.54) is 0 Å². The third-order valence-electron chi connectivity index (χ3n) is 4.20. The fourth-order valence-electron chi connectivity index (χ4n) is 2.71. The van der Waals surface area contributed by atoms with Crippen LogP contribution in [0.25, 0.3) is 0 Å². The molecule has 0 aromatic heterocycles. The Hall–Kier alpha value is -2.31. The summed E-state index contributed by atoms with van der Waals surface area (Å²) in [6.07, 6.45) is -0.150. The van der Waals surface area contributed by atoms with E-state index in [4.69, 9.17) is 9.47 Å². The van der Waals surface area contributed by atoms with Gasteiger partial charge in [-0.1, -0.05) is 36.0 Å². The van der Waals surface area contributed by atoms with Crippen LogP contribution in [0.3, 0.4) is 0 Å². The van der Waals surface area contributed by atoms with Gasteiger partial charge in [0.1, 0.15) is 24.2 Å². The molecule has 2 aromatic rings. The monoisotopic (exact) mass is 372 g/mol. The van der Waals surface area contributed by atoms with Gasteiger partial charge in [0.2, 0.25) is 0 Å². The molecule has 0 bridgehead atoms. The van der Waals surface area contributed by atoms with Crippen LogP contribution >= 0.6 is 11.8 Å². The minimum Gasteiger partial charge on any atom is -0.497 e. The van der Waals surface area contributed by atoms with E-state index in [-0.39, 0.29) is 29.2 Å². The van der Waals surface area contributed by atoms with Crippen LogP contribution in [0.4, 0.5) is 0 Å². The minimum atomic E-state index is -0.737. The first-order valence-corrected chi connectivity index (χ1v) is 9.19. The minimum absolute atomic E-state index is 0.00272. The zero-order valence-electron chi connectivity index (χ0n) is 14.4. The lowest BCUT2D eigenvalue weighted by Crippen LogP contribution is -2.13. The van der Waals surface area contributed by atoms with Crippen LogP contribution in [0.1, 0.15) is 23.7 Å². The molecule has 136 valence electrons. The third-order valence-corrected chi connectivity index (χ3v) is 5.33. The molecular formula is C20H20O5S. The first-order chi connectivity index (χ1) is 12.5. The highest BCUT2D eigenvalue weighted by Gasteiger charge is 2.31. The Morgan fingerprint density at radius 3 is 2.31 bits per heavy atom. The highest BCUT2D eigenvalue weighted by atomic mass is 32.2. The summed E-state index contributed by atoms with van der Waals surface area (Å²) in [6, 6.07) is 14.6. The number of rotatable bonds is 7. The summed E-state index contributed by atoms with van der Waals surface area (Å²) in [6.45, 7) is 0.136. The largest absolute Gasteiger partial charge is 0.497 e. The second-order valence-corrected chi connectivity index (χ2v) is 7.33. The van der Waals surface area contributed by atoms with Crippen molar-refractivity contribution in [3.63, 3.8) is 0 Å². The molecular weight excluding hydrogens is 352 g/mol. The van der Waals surface area contributed by atoms with E-state index in [2.05, 4.69) is 0 Å². The van der Waals surface area contributed by atoms with E-state index in [1.807, 2.05) is 24.3 Å². The van der Waals surface area contributed by atoms with Crippen LogP contribution in [0, 0.1) is 0 Å². The van der Waals surface area contributed by atoms with E-state index in [9.17, 15) is 14.7 Å². The van der Waals surface area contributed by atoms with Crippen LogP contribution < -0.4 is 9.47 Å². The molecule has 26 heavy (non-hydrogen) atoms. The van der Waals surface area contributed by atoms with E-state index < -0.39 is 6.10 Å². The van der Waals surface area contributed by atoms with Crippen molar-refractivity contribution in [1.29, 1.82) is 0 Å². The van der Waals surface area contributed by atoms with Gasteiger partial charge >= 0.3 is 0 Å². The van der Waals surface area contributed by atoms with E-state index >= 15 is 0 Å². The van der Waals surface area contributed by atoms with Gasteiger partial charge in [0.05, 0.1) is 18.8 Å². The van der Waals surface area contributed by atoms with Crippen molar-refractivity contribution in [2.45, 2.75) is 24.2 Å². The lowest BCUT2D eigenvalue weighted by atomic mass is 10.1. The van der Waals surface area contributed by atoms with Gasteiger partial charge in [-0.25, -0.2) is 0 Å². The van der Waals surface area contributed by atoms with Gasteiger partial charge < -0.3 is 14.6 Å². The summed E-state index contributed by atoms with van der Waals surface area (Å²) in [5, 5.41) is 9.89. The molecule has 0 spiro atoms. The molecule has 2 atom stereocenters. The Kier molecular flexibility index (Phi) is 5.96. The van der Waals surface area contributed by atoms with Crippen LogP contribution in [0.15, 0.2) is 48.5 Å². The lowest BCUT2D eigenvalue weighted by molar-refractivity contribution is -0.121. The normalized spacial score (nSPS) is 18.0. The van der Waals surface area contributed by atoms with Crippen LogP contribution in [-0.2, 0) is 16.0 Å². The maximum Gasteiger partial charge on any atom is 0.197 e. The molecule has 3 rings (SSSR count). The smallest absolute Gasteiger partial charge is 0.197 e. The molecule has 0 amide bonds. The quantitative estimate of drug-likeness (QED) is 0.754. The Balaban J connectivity index is 1.52. The number of ketones is 1. The van der Waals surface area contributed by atoms with Gasteiger partial charge in [0.25, 0.3) is 0 Å². The predicted molar refractivity (Wildman–Crippen MR) is 99.6 cm³/mol. The number of hydrogen-bond donors (Lipinski definition) is 1. The molecule has 1 saturated heterocycles. The maximum absolute atomic E-state index is 11.7.